The Hall–Kier alpha value is -1.22. The summed E-state index contributed by atoms with van der Waals surface area (Å²) in [7, 11) is 3.92. The number of hydrogen-bond acceptors (Lipinski definition) is 3. The van der Waals surface area contributed by atoms with Crippen molar-refractivity contribution in [2.24, 2.45) is 11.8 Å². The normalized spacial score (nSPS) is 33.1. The fourth-order valence-electron chi connectivity index (χ4n) is 5.72. The number of likely N-dealkylation sites (tertiary alicyclic amines) is 1. The van der Waals surface area contributed by atoms with Gasteiger partial charge in [-0.2, -0.15) is 0 Å². The van der Waals surface area contributed by atoms with E-state index in [4.69, 9.17) is 4.74 Å². The monoisotopic (exact) mass is 345 g/mol. The summed E-state index contributed by atoms with van der Waals surface area (Å²) in [6, 6.07) is 2.56. The molecule has 2 fully saturated rings. The molecule has 1 aliphatic heterocycles. The minimum absolute atomic E-state index is 0.0904. The summed E-state index contributed by atoms with van der Waals surface area (Å²) in [5.41, 5.74) is 3.90. The molecule has 0 aromatic heterocycles. The molecule has 1 heterocycles. The third-order valence-corrected chi connectivity index (χ3v) is 7.30. The van der Waals surface area contributed by atoms with E-state index in [0.29, 0.717) is 23.5 Å². The molecule has 1 saturated heterocycles. The third-order valence-electron chi connectivity index (χ3n) is 7.30. The molecule has 1 aliphatic carbocycles. The van der Waals surface area contributed by atoms with E-state index in [2.05, 4.69) is 39.6 Å². The molecular weight excluding hydrogens is 310 g/mol. The molecule has 0 spiro atoms. The van der Waals surface area contributed by atoms with E-state index in [9.17, 15) is 5.11 Å². The fourth-order valence-corrected chi connectivity index (χ4v) is 5.72. The van der Waals surface area contributed by atoms with Gasteiger partial charge in [-0.15, -0.1) is 0 Å². The van der Waals surface area contributed by atoms with Crippen LogP contribution in [-0.2, 0) is 11.8 Å². The molecule has 4 unspecified atom stereocenters. The van der Waals surface area contributed by atoms with Crippen molar-refractivity contribution in [2.45, 2.75) is 71.3 Å². The maximum absolute atomic E-state index is 11.2. The Morgan fingerprint density at radius 3 is 2.68 bits per heavy atom. The zero-order valence-corrected chi connectivity index (χ0v) is 16.9. The van der Waals surface area contributed by atoms with Crippen molar-refractivity contribution in [3.05, 3.63) is 22.8 Å². The van der Waals surface area contributed by atoms with E-state index in [-0.39, 0.29) is 5.41 Å². The van der Waals surface area contributed by atoms with Crippen LogP contribution in [0, 0.1) is 18.8 Å². The minimum Gasteiger partial charge on any atom is -0.504 e. The van der Waals surface area contributed by atoms with E-state index in [1.165, 1.54) is 36.0 Å². The molecule has 1 saturated carbocycles. The van der Waals surface area contributed by atoms with Gasteiger partial charge in [0.25, 0.3) is 0 Å². The predicted molar refractivity (Wildman–Crippen MR) is 104 cm³/mol. The van der Waals surface area contributed by atoms with Crippen LogP contribution < -0.4 is 4.74 Å². The first-order valence-electron chi connectivity index (χ1n) is 9.95. The van der Waals surface area contributed by atoms with Gasteiger partial charge in [0.15, 0.2) is 11.5 Å². The van der Waals surface area contributed by atoms with Gasteiger partial charge < -0.3 is 14.7 Å². The number of fused-ring (bicyclic) bond motifs is 1. The summed E-state index contributed by atoms with van der Waals surface area (Å²) < 4.78 is 5.54. The van der Waals surface area contributed by atoms with Gasteiger partial charge in [0, 0.05) is 17.0 Å². The molecule has 2 aliphatic rings. The molecule has 25 heavy (non-hydrogen) atoms. The molecule has 0 radical (unpaired) electrons. The van der Waals surface area contributed by atoms with Gasteiger partial charge in [0.05, 0.1) is 7.11 Å². The van der Waals surface area contributed by atoms with Gasteiger partial charge in [-0.05, 0) is 88.6 Å². The van der Waals surface area contributed by atoms with Crippen molar-refractivity contribution >= 4 is 0 Å². The second kappa shape index (κ2) is 6.83. The zero-order chi connectivity index (χ0) is 18.4. The van der Waals surface area contributed by atoms with Crippen LogP contribution >= 0.6 is 0 Å². The number of aryl methyl sites for hydroxylation is 1. The minimum atomic E-state index is 0.0904. The fraction of sp³-hybridized carbons (Fsp3) is 0.727. The standard InChI is InChI=1S/C22H35NO2/c1-7-17-15(3)13-19(25-6)21(24)20(17)22-9-8-14(2)12-18(22)16(4)23(5)11-10-22/h13-14,16,18,24H,7-12H2,1-6H3. The summed E-state index contributed by atoms with van der Waals surface area (Å²) >= 11 is 0. The van der Waals surface area contributed by atoms with Crippen LogP contribution in [0.2, 0.25) is 0 Å². The van der Waals surface area contributed by atoms with E-state index < -0.39 is 0 Å². The number of benzene rings is 1. The van der Waals surface area contributed by atoms with Crippen LogP contribution in [0.15, 0.2) is 6.07 Å². The summed E-state index contributed by atoms with van der Waals surface area (Å²) in [4.78, 5) is 2.51. The van der Waals surface area contributed by atoms with Crippen LogP contribution in [0.5, 0.6) is 11.5 Å². The average Bonchev–Trinajstić information content (AvgIpc) is 2.60. The highest BCUT2D eigenvalue weighted by Crippen LogP contribution is 2.57. The highest BCUT2D eigenvalue weighted by molar-refractivity contribution is 5.57. The topological polar surface area (TPSA) is 32.7 Å². The Bertz CT molecular complexity index is 637. The maximum Gasteiger partial charge on any atom is 0.161 e. The number of aromatic hydroxyl groups is 1. The number of methoxy groups -OCH3 is 1. The van der Waals surface area contributed by atoms with Crippen molar-refractivity contribution in [1.29, 1.82) is 0 Å². The third kappa shape index (κ3) is 2.85. The first kappa shape index (κ1) is 18.6. The quantitative estimate of drug-likeness (QED) is 0.864. The zero-order valence-electron chi connectivity index (χ0n) is 16.9. The van der Waals surface area contributed by atoms with Crippen molar-refractivity contribution in [1.82, 2.24) is 4.90 Å². The van der Waals surface area contributed by atoms with Crippen LogP contribution in [0.4, 0.5) is 0 Å². The summed E-state index contributed by atoms with van der Waals surface area (Å²) in [5.74, 6) is 2.41. The average molecular weight is 346 g/mol. The second-order valence-electron chi connectivity index (χ2n) is 8.56. The number of phenolic OH excluding ortho intramolecular Hbond substituents is 1. The Kier molecular flexibility index (Phi) is 5.07. The van der Waals surface area contributed by atoms with Gasteiger partial charge in [-0.1, -0.05) is 13.8 Å². The molecule has 4 atom stereocenters. The Morgan fingerprint density at radius 2 is 2.04 bits per heavy atom. The lowest BCUT2D eigenvalue weighted by Crippen LogP contribution is -2.56. The molecule has 140 valence electrons. The van der Waals surface area contributed by atoms with Crippen LogP contribution in [0.3, 0.4) is 0 Å². The number of piperidine rings is 1. The molecule has 1 aromatic rings. The molecule has 3 rings (SSSR count). The molecule has 0 bridgehead atoms. The number of hydrogen-bond donors (Lipinski definition) is 1. The van der Waals surface area contributed by atoms with Gasteiger partial charge in [-0.3, -0.25) is 0 Å². The van der Waals surface area contributed by atoms with E-state index >= 15 is 0 Å². The highest BCUT2D eigenvalue weighted by Gasteiger charge is 2.51. The van der Waals surface area contributed by atoms with Crippen LogP contribution in [0.25, 0.3) is 0 Å². The largest absolute Gasteiger partial charge is 0.504 e. The van der Waals surface area contributed by atoms with Gasteiger partial charge in [0.1, 0.15) is 0 Å². The first-order chi connectivity index (χ1) is 11.9. The smallest absolute Gasteiger partial charge is 0.161 e. The Balaban J connectivity index is 2.23. The molecule has 1 N–H and O–H groups in total. The molecule has 3 heteroatoms. The predicted octanol–water partition coefficient (Wildman–Crippen LogP) is 4.67. The molecule has 1 aromatic carbocycles. The lowest BCUT2D eigenvalue weighted by molar-refractivity contribution is 0.00583. The molecule has 3 nitrogen and oxygen atoms in total. The van der Waals surface area contributed by atoms with E-state index in [0.717, 1.165) is 25.3 Å². The van der Waals surface area contributed by atoms with Crippen molar-refractivity contribution in [3.8, 4) is 11.5 Å². The van der Waals surface area contributed by atoms with Crippen LogP contribution in [0.1, 0.15) is 63.1 Å². The van der Waals surface area contributed by atoms with Gasteiger partial charge in [0.2, 0.25) is 0 Å². The number of nitrogens with zero attached hydrogens (tertiary/aromatic N) is 1. The molecular formula is C22H35NO2. The number of phenols is 1. The van der Waals surface area contributed by atoms with Crippen molar-refractivity contribution in [2.75, 3.05) is 20.7 Å². The SMILES string of the molecule is CCc1c(C)cc(OC)c(O)c1C12CCC(C)CC1C(C)N(C)CC2. The second-order valence-corrected chi connectivity index (χ2v) is 8.56. The lowest BCUT2D eigenvalue weighted by atomic mass is 9.54. The van der Waals surface area contributed by atoms with Crippen molar-refractivity contribution < 1.29 is 9.84 Å². The Labute approximate surface area is 153 Å². The number of rotatable bonds is 3. The van der Waals surface area contributed by atoms with Crippen molar-refractivity contribution in [3.63, 3.8) is 0 Å². The number of ether oxygens (including phenoxy) is 1. The highest BCUT2D eigenvalue weighted by atomic mass is 16.5. The first-order valence-corrected chi connectivity index (χ1v) is 9.95. The molecule has 0 amide bonds. The van der Waals surface area contributed by atoms with E-state index in [1.807, 2.05) is 6.07 Å². The van der Waals surface area contributed by atoms with E-state index in [1.54, 1.807) is 7.11 Å². The summed E-state index contributed by atoms with van der Waals surface area (Å²) in [6.45, 7) is 10.3. The van der Waals surface area contributed by atoms with Gasteiger partial charge >= 0.3 is 0 Å². The maximum atomic E-state index is 11.2. The lowest BCUT2D eigenvalue weighted by Gasteiger charge is -2.56. The summed E-state index contributed by atoms with van der Waals surface area (Å²) in [6.07, 6.45) is 5.80. The van der Waals surface area contributed by atoms with Crippen LogP contribution in [-0.4, -0.2) is 36.8 Å². The Morgan fingerprint density at radius 1 is 1.32 bits per heavy atom. The summed E-state index contributed by atoms with van der Waals surface area (Å²) in [5, 5.41) is 11.2. The van der Waals surface area contributed by atoms with Gasteiger partial charge in [-0.25, -0.2) is 0 Å².